The van der Waals surface area contributed by atoms with Crippen LogP contribution in [0.4, 0.5) is 0 Å². The Labute approximate surface area is 68.8 Å². The lowest BCUT2D eigenvalue weighted by Gasteiger charge is -2.17. The zero-order chi connectivity index (χ0) is 8.91. The third-order valence-electron chi connectivity index (χ3n) is 1.35. The summed E-state index contributed by atoms with van der Waals surface area (Å²) in [6, 6.07) is 0. The molecule has 0 radical (unpaired) electrons. The van der Waals surface area contributed by atoms with Gasteiger partial charge in [0.25, 0.3) is 0 Å². The molecule has 0 heterocycles. The van der Waals surface area contributed by atoms with Crippen molar-refractivity contribution in [1.29, 1.82) is 0 Å². The minimum absolute atomic E-state index is 0.0932. The average Bonchev–Trinajstić information content (AvgIpc) is 1.87. The molecule has 0 spiro atoms. The van der Waals surface area contributed by atoms with Gasteiger partial charge < -0.3 is 0 Å². The maximum Gasteiger partial charge on any atom is 0.0413 e. The van der Waals surface area contributed by atoms with Gasteiger partial charge in [-0.3, -0.25) is 9.98 Å². The van der Waals surface area contributed by atoms with Crippen molar-refractivity contribution in [3.63, 3.8) is 0 Å². The van der Waals surface area contributed by atoms with E-state index in [0.29, 0.717) is 0 Å². The van der Waals surface area contributed by atoms with Crippen molar-refractivity contribution in [2.75, 3.05) is 7.05 Å². The van der Waals surface area contributed by atoms with Crippen molar-refractivity contribution >= 4 is 12.4 Å². The Hall–Kier alpha value is -0.920. The first kappa shape index (κ1) is 10.1. The minimum atomic E-state index is 0.0932. The fraction of sp³-hybridized carbons (Fsp3) is 0.556. The van der Waals surface area contributed by atoms with Crippen molar-refractivity contribution in [1.82, 2.24) is 0 Å². The Morgan fingerprint density at radius 1 is 1.36 bits per heavy atom. The van der Waals surface area contributed by atoms with Crippen LogP contribution in [0.3, 0.4) is 0 Å². The van der Waals surface area contributed by atoms with E-state index in [1.807, 2.05) is 6.08 Å². The van der Waals surface area contributed by atoms with Gasteiger partial charge in [-0.15, -0.1) is 0 Å². The summed E-state index contributed by atoms with van der Waals surface area (Å²) >= 11 is 0. The van der Waals surface area contributed by atoms with E-state index < -0.39 is 0 Å². The van der Waals surface area contributed by atoms with Gasteiger partial charge in [0.2, 0.25) is 0 Å². The van der Waals surface area contributed by atoms with Crippen LogP contribution in [-0.2, 0) is 0 Å². The van der Waals surface area contributed by atoms with Crippen LogP contribution in [0.5, 0.6) is 0 Å². The van der Waals surface area contributed by atoms with Gasteiger partial charge in [0.1, 0.15) is 0 Å². The fourth-order valence-corrected chi connectivity index (χ4v) is 0.783. The number of hydrogen-bond acceptors (Lipinski definition) is 2. The van der Waals surface area contributed by atoms with Crippen LogP contribution in [0.25, 0.3) is 0 Å². The third-order valence-corrected chi connectivity index (χ3v) is 1.35. The molecule has 2 nitrogen and oxygen atoms in total. The topological polar surface area (TPSA) is 24.7 Å². The Balaban J connectivity index is 4.45. The Bertz CT molecular complexity index is 182. The average molecular weight is 152 g/mol. The van der Waals surface area contributed by atoms with E-state index in [-0.39, 0.29) is 5.41 Å². The van der Waals surface area contributed by atoms with Crippen LogP contribution < -0.4 is 0 Å². The van der Waals surface area contributed by atoms with E-state index in [1.165, 1.54) is 0 Å². The molecule has 0 bridgehead atoms. The van der Waals surface area contributed by atoms with E-state index in [2.05, 4.69) is 37.5 Å². The summed E-state index contributed by atoms with van der Waals surface area (Å²) in [5, 5.41) is 0. The van der Waals surface area contributed by atoms with Gasteiger partial charge in [-0.25, -0.2) is 0 Å². The molecule has 0 N–H and O–H groups in total. The summed E-state index contributed by atoms with van der Waals surface area (Å²) in [4.78, 5) is 7.76. The number of rotatable bonds is 2. The summed E-state index contributed by atoms with van der Waals surface area (Å²) in [7, 11) is 1.79. The molecule has 2 heteroatoms. The summed E-state index contributed by atoms with van der Waals surface area (Å²) in [6.45, 7) is 9.70. The molecule has 62 valence electrons. The molecule has 0 aliphatic heterocycles. The maximum absolute atomic E-state index is 4.14. The molecule has 0 aliphatic carbocycles. The van der Waals surface area contributed by atoms with Crippen molar-refractivity contribution < 1.29 is 0 Å². The summed E-state index contributed by atoms with van der Waals surface area (Å²) in [5.41, 5.74) is 1.13. The lowest BCUT2D eigenvalue weighted by molar-refractivity contribution is 0.593. The number of allylic oxidation sites excluding steroid dienone is 1. The summed E-state index contributed by atoms with van der Waals surface area (Å²) in [5.74, 6) is 0. The molecular formula is C9H16N2. The molecule has 0 aromatic carbocycles. The molecule has 0 atom stereocenters. The first-order valence-corrected chi connectivity index (χ1v) is 3.62. The predicted octanol–water partition coefficient (Wildman–Crippen LogP) is 2.32. The second-order valence-corrected chi connectivity index (χ2v) is 3.36. The van der Waals surface area contributed by atoms with Crippen LogP contribution in [0, 0.1) is 5.41 Å². The second kappa shape index (κ2) is 4.06. The first-order valence-electron chi connectivity index (χ1n) is 3.62. The van der Waals surface area contributed by atoms with Crippen molar-refractivity contribution in [3.8, 4) is 0 Å². The van der Waals surface area contributed by atoms with Crippen LogP contribution >= 0.6 is 0 Å². The van der Waals surface area contributed by atoms with Crippen LogP contribution in [0.2, 0.25) is 0 Å². The quantitative estimate of drug-likeness (QED) is 0.542. The van der Waals surface area contributed by atoms with Crippen LogP contribution in [-0.4, -0.2) is 19.5 Å². The largest absolute Gasteiger partial charge is 0.292 e. The normalized spacial score (nSPS) is 14.0. The standard InChI is InChI=1S/C9H16N2/c1-9(2,3)8(11-5)6-7-10-4/h6-7H,4H2,1-3,5H3/b7-6-,11-8?. The SMILES string of the molecule is C=N/C=C\C(=NC)C(C)(C)C. The highest BCUT2D eigenvalue weighted by Gasteiger charge is 2.14. The molecule has 0 unspecified atom stereocenters. The molecule has 0 fully saturated rings. The van der Waals surface area contributed by atoms with Crippen LogP contribution in [0.15, 0.2) is 22.3 Å². The molecule has 0 saturated carbocycles. The number of aliphatic imine (C=N–C) groups is 2. The van der Waals surface area contributed by atoms with Gasteiger partial charge in [0, 0.05) is 24.4 Å². The maximum atomic E-state index is 4.14. The Kier molecular flexibility index (Phi) is 3.72. The van der Waals surface area contributed by atoms with E-state index >= 15 is 0 Å². The fourth-order valence-electron chi connectivity index (χ4n) is 0.783. The van der Waals surface area contributed by atoms with Crippen LogP contribution in [0.1, 0.15) is 20.8 Å². The summed E-state index contributed by atoms with van der Waals surface area (Å²) < 4.78 is 0. The molecule has 0 aliphatic rings. The van der Waals surface area contributed by atoms with Gasteiger partial charge in [-0.1, -0.05) is 20.8 Å². The lowest BCUT2D eigenvalue weighted by atomic mass is 9.90. The van der Waals surface area contributed by atoms with Gasteiger partial charge >= 0.3 is 0 Å². The Morgan fingerprint density at radius 2 is 1.91 bits per heavy atom. The molecule has 11 heavy (non-hydrogen) atoms. The highest BCUT2D eigenvalue weighted by atomic mass is 14.7. The molecular weight excluding hydrogens is 136 g/mol. The zero-order valence-corrected chi connectivity index (χ0v) is 7.76. The number of hydrogen-bond donors (Lipinski definition) is 0. The third kappa shape index (κ3) is 3.71. The van der Waals surface area contributed by atoms with Gasteiger partial charge in [0.15, 0.2) is 0 Å². The molecule has 0 amide bonds. The highest BCUT2D eigenvalue weighted by molar-refractivity contribution is 5.98. The number of nitrogens with zero attached hydrogens (tertiary/aromatic N) is 2. The smallest absolute Gasteiger partial charge is 0.0413 e. The minimum Gasteiger partial charge on any atom is -0.292 e. The highest BCUT2D eigenvalue weighted by Crippen LogP contribution is 2.16. The van der Waals surface area contributed by atoms with E-state index in [0.717, 1.165) is 5.71 Å². The predicted molar refractivity (Wildman–Crippen MR) is 51.5 cm³/mol. The van der Waals surface area contributed by atoms with Gasteiger partial charge in [-0.2, -0.15) is 0 Å². The zero-order valence-electron chi connectivity index (χ0n) is 7.76. The van der Waals surface area contributed by atoms with Crippen molar-refractivity contribution in [2.45, 2.75) is 20.8 Å². The monoisotopic (exact) mass is 152 g/mol. The summed E-state index contributed by atoms with van der Waals surface area (Å²) in [6.07, 6.45) is 3.54. The van der Waals surface area contributed by atoms with E-state index in [1.54, 1.807) is 13.2 Å². The van der Waals surface area contributed by atoms with E-state index in [9.17, 15) is 0 Å². The van der Waals surface area contributed by atoms with Gasteiger partial charge in [-0.05, 0) is 12.8 Å². The molecule has 0 saturated heterocycles. The molecule has 0 aromatic heterocycles. The van der Waals surface area contributed by atoms with E-state index in [4.69, 9.17) is 0 Å². The lowest BCUT2D eigenvalue weighted by Crippen LogP contribution is -2.17. The van der Waals surface area contributed by atoms with Crippen molar-refractivity contribution in [3.05, 3.63) is 12.3 Å². The first-order chi connectivity index (χ1) is 5.02. The van der Waals surface area contributed by atoms with Gasteiger partial charge in [0.05, 0.1) is 0 Å². The molecule has 0 rings (SSSR count). The molecule has 0 aromatic rings. The van der Waals surface area contributed by atoms with Crippen molar-refractivity contribution in [2.24, 2.45) is 15.4 Å². The Morgan fingerprint density at radius 3 is 2.18 bits per heavy atom. The second-order valence-electron chi connectivity index (χ2n) is 3.36.